The van der Waals surface area contributed by atoms with E-state index in [1.807, 2.05) is 0 Å². The van der Waals surface area contributed by atoms with Gasteiger partial charge in [0, 0.05) is 39.4 Å². The highest BCUT2D eigenvalue weighted by molar-refractivity contribution is 5.55. The number of anilines is 1. The number of likely N-dealkylation sites (tertiary alicyclic amines) is 1. The molecule has 0 spiro atoms. The van der Waals surface area contributed by atoms with Crippen molar-refractivity contribution in [1.29, 1.82) is 0 Å². The van der Waals surface area contributed by atoms with Gasteiger partial charge in [-0.25, -0.2) is 0 Å². The van der Waals surface area contributed by atoms with Gasteiger partial charge < -0.3 is 4.90 Å². The first-order valence-electron chi connectivity index (χ1n) is 7.71. The summed E-state index contributed by atoms with van der Waals surface area (Å²) in [4.78, 5) is 4.70. The van der Waals surface area contributed by atoms with Gasteiger partial charge in [-0.1, -0.05) is 38.1 Å². The highest BCUT2D eigenvalue weighted by atomic mass is 15.1. The second-order valence-electron chi connectivity index (χ2n) is 6.55. The van der Waals surface area contributed by atoms with Crippen molar-refractivity contribution >= 4 is 11.8 Å². The number of piperidine rings is 1. The summed E-state index contributed by atoms with van der Waals surface area (Å²) in [7, 11) is 4.15. The first-order valence-corrected chi connectivity index (χ1v) is 7.71. The maximum Gasteiger partial charge on any atom is 0.0361 e. The van der Waals surface area contributed by atoms with Gasteiger partial charge in [0.2, 0.25) is 0 Å². The Morgan fingerprint density at radius 1 is 1.10 bits per heavy atom. The molecular formula is C18H28N2. The van der Waals surface area contributed by atoms with Crippen LogP contribution < -0.4 is 4.90 Å². The molecule has 110 valence electrons. The van der Waals surface area contributed by atoms with Crippen molar-refractivity contribution in [1.82, 2.24) is 4.90 Å². The summed E-state index contributed by atoms with van der Waals surface area (Å²) in [6.07, 6.45) is 5.92. The van der Waals surface area contributed by atoms with Crippen LogP contribution in [-0.2, 0) is 0 Å². The van der Waals surface area contributed by atoms with Crippen molar-refractivity contribution in [2.24, 2.45) is 11.8 Å². The highest BCUT2D eigenvalue weighted by Crippen LogP contribution is 2.20. The molecule has 1 aliphatic heterocycles. The molecule has 20 heavy (non-hydrogen) atoms. The Morgan fingerprint density at radius 3 is 2.25 bits per heavy atom. The molecule has 2 rings (SSSR count). The minimum atomic E-state index is 0.839. The average Bonchev–Trinajstić information content (AvgIpc) is 2.38. The summed E-state index contributed by atoms with van der Waals surface area (Å²) >= 11 is 0. The molecule has 2 nitrogen and oxygen atoms in total. The minimum Gasteiger partial charge on any atom is -0.378 e. The molecule has 1 saturated heterocycles. The molecule has 0 unspecified atom stereocenters. The summed E-state index contributed by atoms with van der Waals surface area (Å²) in [5.74, 6) is 1.68. The molecular weight excluding hydrogens is 244 g/mol. The van der Waals surface area contributed by atoms with Gasteiger partial charge in [0.05, 0.1) is 0 Å². The number of hydrogen-bond acceptors (Lipinski definition) is 2. The van der Waals surface area contributed by atoms with E-state index in [1.165, 1.54) is 30.8 Å². The van der Waals surface area contributed by atoms with E-state index in [2.05, 4.69) is 74.2 Å². The van der Waals surface area contributed by atoms with Crippen LogP contribution >= 0.6 is 0 Å². The average molecular weight is 272 g/mol. The zero-order valence-electron chi connectivity index (χ0n) is 13.3. The van der Waals surface area contributed by atoms with Crippen molar-refractivity contribution in [3.05, 3.63) is 35.9 Å². The number of hydrogen-bond donors (Lipinski definition) is 0. The van der Waals surface area contributed by atoms with Crippen LogP contribution in [0.2, 0.25) is 0 Å². The Morgan fingerprint density at radius 2 is 1.70 bits per heavy atom. The molecule has 0 N–H and O–H groups in total. The summed E-state index contributed by atoms with van der Waals surface area (Å²) < 4.78 is 0. The predicted octanol–water partition coefficient (Wildman–Crippen LogP) is 3.74. The molecule has 2 atom stereocenters. The molecule has 1 aromatic carbocycles. The van der Waals surface area contributed by atoms with E-state index in [0.29, 0.717) is 0 Å². The zero-order valence-corrected chi connectivity index (χ0v) is 13.3. The van der Waals surface area contributed by atoms with Crippen LogP contribution in [0.1, 0.15) is 25.8 Å². The molecule has 1 fully saturated rings. The van der Waals surface area contributed by atoms with E-state index in [1.54, 1.807) is 0 Å². The SMILES string of the molecule is C[C@H]1C[C@H](C)CN(C/C=C/c2ccc(N(C)C)cc2)C1. The van der Waals surface area contributed by atoms with Crippen molar-refractivity contribution in [2.75, 3.05) is 38.6 Å². The summed E-state index contributed by atoms with van der Waals surface area (Å²) in [5.41, 5.74) is 2.54. The molecule has 0 radical (unpaired) electrons. The van der Waals surface area contributed by atoms with Gasteiger partial charge in [-0.15, -0.1) is 0 Å². The molecule has 1 aliphatic rings. The van der Waals surface area contributed by atoms with E-state index in [4.69, 9.17) is 0 Å². The standard InChI is InChI=1S/C18H28N2/c1-15-12-16(2)14-20(13-15)11-5-6-17-7-9-18(10-8-17)19(3)4/h5-10,15-16H,11-14H2,1-4H3/b6-5+/t15-,16-/m0/s1. The fourth-order valence-corrected chi connectivity index (χ4v) is 3.16. The lowest BCUT2D eigenvalue weighted by atomic mass is 9.92. The first kappa shape index (κ1) is 15.1. The van der Waals surface area contributed by atoms with Crippen molar-refractivity contribution in [2.45, 2.75) is 20.3 Å². The smallest absolute Gasteiger partial charge is 0.0361 e. The van der Waals surface area contributed by atoms with Crippen molar-refractivity contribution in [3.63, 3.8) is 0 Å². The Kier molecular flexibility index (Phi) is 5.24. The second kappa shape index (κ2) is 6.94. The van der Waals surface area contributed by atoms with E-state index < -0.39 is 0 Å². The van der Waals surface area contributed by atoms with Gasteiger partial charge in [0.25, 0.3) is 0 Å². The Labute approximate surface area is 124 Å². The fraction of sp³-hybridized carbons (Fsp3) is 0.556. The number of rotatable bonds is 4. The third kappa shape index (κ3) is 4.38. The lowest BCUT2D eigenvalue weighted by Gasteiger charge is -2.34. The molecule has 1 heterocycles. The van der Waals surface area contributed by atoms with E-state index in [0.717, 1.165) is 18.4 Å². The molecule has 0 amide bonds. The highest BCUT2D eigenvalue weighted by Gasteiger charge is 2.20. The van der Waals surface area contributed by atoms with Gasteiger partial charge in [-0.3, -0.25) is 4.90 Å². The Hall–Kier alpha value is -1.28. The molecule has 1 aromatic rings. The second-order valence-corrected chi connectivity index (χ2v) is 6.55. The Balaban J connectivity index is 1.86. The monoisotopic (exact) mass is 272 g/mol. The number of benzene rings is 1. The van der Waals surface area contributed by atoms with Crippen LogP contribution in [0.15, 0.2) is 30.3 Å². The predicted molar refractivity (Wildman–Crippen MR) is 89.2 cm³/mol. The third-order valence-corrected chi connectivity index (χ3v) is 4.03. The molecule has 0 aromatic heterocycles. The van der Waals surface area contributed by atoms with Gasteiger partial charge in [-0.2, -0.15) is 0 Å². The minimum absolute atomic E-state index is 0.839. The molecule has 0 bridgehead atoms. The zero-order chi connectivity index (χ0) is 14.5. The lowest BCUT2D eigenvalue weighted by Crippen LogP contribution is -2.38. The van der Waals surface area contributed by atoms with Crippen LogP contribution in [0, 0.1) is 11.8 Å². The maximum absolute atomic E-state index is 2.57. The van der Waals surface area contributed by atoms with Crippen LogP contribution in [0.4, 0.5) is 5.69 Å². The summed E-state index contributed by atoms with van der Waals surface area (Å²) in [6.45, 7) is 8.30. The van der Waals surface area contributed by atoms with E-state index in [9.17, 15) is 0 Å². The van der Waals surface area contributed by atoms with Crippen LogP contribution in [-0.4, -0.2) is 38.6 Å². The van der Waals surface area contributed by atoms with Crippen LogP contribution in [0.5, 0.6) is 0 Å². The third-order valence-electron chi connectivity index (χ3n) is 4.03. The quantitative estimate of drug-likeness (QED) is 0.824. The molecule has 2 heteroatoms. The summed E-state index contributed by atoms with van der Waals surface area (Å²) in [5, 5.41) is 0. The van der Waals surface area contributed by atoms with Gasteiger partial charge >= 0.3 is 0 Å². The topological polar surface area (TPSA) is 6.48 Å². The van der Waals surface area contributed by atoms with Crippen molar-refractivity contribution in [3.8, 4) is 0 Å². The Bertz CT molecular complexity index is 423. The summed E-state index contributed by atoms with van der Waals surface area (Å²) in [6, 6.07) is 8.72. The van der Waals surface area contributed by atoms with E-state index in [-0.39, 0.29) is 0 Å². The van der Waals surface area contributed by atoms with Gasteiger partial charge in [0.15, 0.2) is 0 Å². The van der Waals surface area contributed by atoms with Crippen LogP contribution in [0.3, 0.4) is 0 Å². The first-order chi connectivity index (χ1) is 9.54. The fourth-order valence-electron chi connectivity index (χ4n) is 3.16. The van der Waals surface area contributed by atoms with Crippen molar-refractivity contribution < 1.29 is 0 Å². The van der Waals surface area contributed by atoms with E-state index >= 15 is 0 Å². The lowest BCUT2D eigenvalue weighted by molar-refractivity contribution is 0.155. The van der Waals surface area contributed by atoms with Gasteiger partial charge in [-0.05, 0) is 36.0 Å². The van der Waals surface area contributed by atoms with Gasteiger partial charge in [0.1, 0.15) is 0 Å². The van der Waals surface area contributed by atoms with Crippen LogP contribution in [0.25, 0.3) is 6.08 Å². The largest absolute Gasteiger partial charge is 0.378 e. The number of nitrogens with zero attached hydrogens (tertiary/aromatic N) is 2. The molecule has 0 saturated carbocycles. The maximum atomic E-state index is 2.57. The molecule has 0 aliphatic carbocycles. The normalized spacial score (nSPS) is 24.2.